The molecular weight excluding hydrogens is 1010 g/mol. The van der Waals surface area contributed by atoms with Crippen LogP contribution in [0.5, 0.6) is 0 Å². The molecule has 0 bridgehead atoms. The summed E-state index contributed by atoms with van der Waals surface area (Å²) in [4.78, 5) is 38.0. The Balaban J connectivity index is 4.08. The van der Waals surface area contributed by atoms with Gasteiger partial charge in [0, 0.05) is 12.8 Å². The van der Waals surface area contributed by atoms with Gasteiger partial charge in [0.2, 0.25) is 0 Å². The van der Waals surface area contributed by atoms with E-state index in [1.807, 2.05) is 21.1 Å². The molecule has 2 atom stereocenters. The topological polar surface area (TPSA) is 111 Å². The van der Waals surface area contributed by atoms with E-state index in [0.29, 0.717) is 17.4 Å². The zero-order valence-electron chi connectivity index (χ0n) is 52.5. The Morgan fingerprint density at radius 3 is 1.06 bits per heavy atom. The fraction of sp³-hybridized carbons (Fsp3) is 0.743. The summed E-state index contributed by atoms with van der Waals surface area (Å²) in [7, 11) is 1.14. The lowest BCUT2D eigenvalue weighted by atomic mass is 10.0. The summed E-state index contributed by atoms with van der Waals surface area (Å²) < 4.78 is 34.2. The summed E-state index contributed by atoms with van der Waals surface area (Å²) in [5.74, 6) is -0.859. The zero-order valence-corrected chi connectivity index (χ0v) is 53.4. The Morgan fingerprint density at radius 2 is 0.713 bits per heavy atom. The first-order valence-electron chi connectivity index (χ1n) is 32.9. The molecule has 0 rings (SSSR count). The van der Waals surface area contributed by atoms with Crippen LogP contribution in [0.3, 0.4) is 0 Å². The number of esters is 2. The normalized spacial score (nSPS) is 13.8. The van der Waals surface area contributed by atoms with Crippen LogP contribution in [0.1, 0.15) is 284 Å². The monoisotopic (exact) mass is 1140 g/mol. The predicted octanol–water partition coefficient (Wildman–Crippen LogP) is 20.5. The number of ether oxygens (including phenoxy) is 2. The van der Waals surface area contributed by atoms with Gasteiger partial charge in [-0.15, -0.1) is 0 Å². The zero-order chi connectivity index (χ0) is 58.4. The molecular formula is C70H124NO8P. The Hall–Kier alpha value is -3.07. The van der Waals surface area contributed by atoms with E-state index >= 15 is 0 Å². The van der Waals surface area contributed by atoms with Gasteiger partial charge in [0.15, 0.2) is 6.10 Å². The van der Waals surface area contributed by atoms with Crippen molar-refractivity contribution in [1.82, 2.24) is 0 Å². The highest BCUT2D eigenvalue weighted by atomic mass is 31.2. The molecule has 9 nitrogen and oxygen atoms in total. The first-order chi connectivity index (χ1) is 39.0. The molecule has 0 saturated heterocycles. The third-order valence-electron chi connectivity index (χ3n) is 14.1. The number of phosphoric acid groups is 1. The SMILES string of the molecule is CC/C=C\C/C=C\C/C=C\C/C=C\C/C=C\C/C=C\CCCCCCC(=O)OC(COC(=O)CCCCCCCCCCCCCCCCCCCCCCC/C=C\C/C=C\CCCCCCC)COP(=O)([O-])OCC[N+](C)(C)C. The molecule has 0 aromatic carbocycles. The van der Waals surface area contributed by atoms with Gasteiger partial charge in [0.25, 0.3) is 7.82 Å². The minimum Gasteiger partial charge on any atom is -0.756 e. The number of unbranched alkanes of at least 4 members (excludes halogenated alkanes) is 30. The van der Waals surface area contributed by atoms with Crippen molar-refractivity contribution < 1.29 is 42.1 Å². The van der Waals surface area contributed by atoms with E-state index in [4.69, 9.17) is 18.5 Å². The molecule has 80 heavy (non-hydrogen) atoms. The number of phosphoric ester groups is 1. The minimum absolute atomic E-state index is 0.0398. The molecule has 0 aromatic heterocycles. The van der Waals surface area contributed by atoms with E-state index in [1.165, 1.54) is 161 Å². The molecule has 0 aliphatic rings. The number of hydrogen-bond acceptors (Lipinski definition) is 8. The van der Waals surface area contributed by atoms with Crippen molar-refractivity contribution in [3.63, 3.8) is 0 Å². The van der Waals surface area contributed by atoms with E-state index in [-0.39, 0.29) is 32.0 Å². The second-order valence-corrected chi connectivity index (χ2v) is 24.5. The summed E-state index contributed by atoms with van der Waals surface area (Å²) in [6.07, 6.45) is 83.4. The van der Waals surface area contributed by atoms with Crippen LogP contribution >= 0.6 is 7.82 Å². The molecule has 0 N–H and O–H groups in total. The lowest BCUT2D eigenvalue weighted by Crippen LogP contribution is -2.37. The second-order valence-electron chi connectivity index (χ2n) is 23.1. The van der Waals surface area contributed by atoms with Gasteiger partial charge >= 0.3 is 11.9 Å². The number of carbonyl (C=O) groups excluding carboxylic acids is 2. The minimum atomic E-state index is -4.65. The highest BCUT2D eigenvalue weighted by molar-refractivity contribution is 7.45. The molecule has 0 radical (unpaired) electrons. The summed E-state index contributed by atoms with van der Waals surface area (Å²) in [6, 6.07) is 0. The number of carbonyl (C=O) groups is 2. The lowest BCUT2D eigenvalue weighted by Gasteiger charge is -2.28. The van der Waals surface area contributed by atoms with Crippen molar-refractivity contribution in [2.75, 3.05) is 47.5 Å². The van der Waals surface area contributed by atoms with Crippen molar-refractivity contribution in [3.8, 4) is 0 Å². The summed E-state index contributed by atoms with van der Waals surface area (Å²) in [6.45, 7) is 4.10. The van der Waals surface area contributed by atoms with Crippen LogP contribution in [-0.4, -0.2) is 70.0 Å². The molecule has 10 heteroatoms. The summed E-state index contributed by atoms with van der Waals surface area (Å²) in [5, 5.41) is 0. The fourth-order valence-corrected chi connectivity index (χ4v) is 9.77. The number of likely N-dealkylation sites (N-methyl/N-ethyl adjacent to an activating group) is 1. The van der Waals surface area contributed by atoms with E-state index in [2.05, 4.69) is 111 Å². The maximum absolute atomic E-state index is 12.8. The molecule has 0 aliphatic carbocycles. The highest BCUT2D eigenvalue weighted by Crippen LogP contribution is 2.38. The van der Waals surface area contributed by atoms with Crippen molar-refractivity contribution in [3.05, 3.63) is 97.2 Å². The van der Waals surface area contributed by atoms with Gasteiger partial charge in [-0.05, 0) is 96.3 Å². The van der Waals surface area contributed by atoms with Crippen LogP contribution < -0.4 is 4.89 Å². The van der Waals surface area contributed by atoms with E-state index in [1.54, 1.807) is 0 Å². The highest BCUT2D eigenvalue weighted by Gasteiger charge is 2.22. The molecule has 2 unspecified atom stereocenters. The van der Waals surface area contributed by atoms with Crippen molar-refractivity contribution in [1.29, 1.82) is 0 Å². The summed E-state index contributed by atoms with van der Waals surface area (Å²) in [5.41, 5.74) is 0. The number of nitrogens with zero attached hydrogens (tertiary/aromatic N) is 1. The Kier molecular flexibility index (Phi) is 58.2. The van der Waals surface area contributed by atoms with Crippen LogP contribution in [0.15, 0.2) is 97.2 Å². The lowest BCUT2D eigenvalue weighted by molar-refractivity contribution is -0.870. The molecule has 0 heterocycles. The number of rotatable bonds is 60. The summed E-state index contributed by atoms with van der Waals surface area (Å²) >= 11 is 0. The molecule has 0 aromatic rings. The molecule has 0 amide bonds. The van der Waals surface area contributed by atoms with E-state index in [0.717, 1.165) is 89.9 Å². The number of hydrogen-bond donors (Lipinski definition) is 0. The maximum Gasteiger partial charge on any atom is 0.306 e. The Morgan fingerprint density at radius 1 is 0.400 bits per heavy atom. The Labute approximate surface area is 493 Å². The van der Waals surface area contributed by atoms with Crippen molar-refractivity contribution >= 4 is 19.8 Å². The van der Waals surface area contributed by atoms with Gasteiger partial charge in [0.05, 0.1) is 27.7 Å². The van der Waals surface area contributed by atoms with Gasteiger partial charge in [-0.1, -0.05) is 272 Å². The van der Waals surface area contributed by atoms with E-state index < -0.39 is 26.5 Å². The van der Waals surface area contributed by atoms with Gasteiger partial charge in [0.1, 0.15) is 19.8 Å². The van der Waals surface area contributed by atoms with Crippen LogP contribution in [-0.2, 0) is 32.7 Å². The molecule has 0 fully saturated rings. The van der Waals surface area contributed by atoms with E-state index in [9.17, 15) is 19.0 Å². The number of quaternary nitrogens is 1. The standard InChI is InChI=1S/C70H124NO8P/c1-6-8-10-12-14-16-18-20-22-24-26-28-30-31-32-33-34-35-36-37-38-39-41-42-44-46-48-50-52-54-56-58-60-62-69(72)76-66-68(67-78-80(74,75)77-65-64-71(3,4)5)79-70(73)63-61-59-57-55-53-51-49-47-45-43-40-29-27-25-23-21-19-17-15-13-11-9-7-2/h9,11,15,17-18,20-21,23-24,26-27,29,43,45,49,51,68H,6-8,10,12-14,16,19,22,25,28,30-42,44,46-48,50,52-67H2,1-5H3/b11-9-,17-15-,20-18-,23-21-,26-24-,29-27-,45-43-,51-49-. The van der Waals surface area contributed by atoms with Crippen LogP contribution in [0.25, 0.3) is 0 Å². The average molecular weight is 1140 g/mol. The van der Waals surface area contributed by atoms with Crippen LogP contribution in [0.4, 0.5) is 0 Å². The second kappa shape index (κ2) is 60.5. The van der Waals surface area contributed by atoms with Gasteiger partial charge in [-0.2, -0.15) is 0 Å². The van der Waals surface area contributed by atoms with Gasteiger partial charge in [-0.3, -0.25) is 14.2 Å². The Bertz CT molecular complexity index is 1670. The molecule has 0 spiro atoms. The third-order valence-corrected chi connectivity index (χ3v) is 15.1. The van der Waals surface area contributed by atoms with Crippen LogP contribution in [0.2, 0.25) is 0 Å². The average Bonchev–Trinajstić information content (AvgIpc) is 3.42. The largest absolute Gasteiger partial charge is 0.756 e. The predicted molar refractivity (Wildman–Crippen MR) is 342 cm³/mol. The molecule has 462 valence electrons. The van der Waals surface area contributed by atoms with Crippen LogP contribution in [0, 0.1) is 0 Å². The first kappa shape index (κ1) is 76.9. The maximum atomic E-state index is 12.8. The number of allylic oxidation sites excluding steroid dienone is 16. The van der Waals surface area contributed by atoms with Gasteiger partial charge < -0.3 is 27.9 Å². The van der Waals surface area contributed by atoms with Crippen molar-refractivity contribution in [2.45, 2.75) is 290 Å². The molecule has 0 aliphatic heterocycles. The van der Waals surface area contributed by atoms with Crippen molar-refractivity contribution in [2.24, 2.45) is 0 Å². The molecule has 0 saturated carbocycles. The quantitative estimate of drug-likeness (QED) is 0.0195. The van der Waals surface area contributed by atoms with Gasteiger partial charge in [-0.25, -0.2) is 0 Å². The fourth-order valence-electron chi connectivity index (χ4n) is 9.04. The smallest absolute Gasteiger partial charge is 0.306 e. The third kappa shape index (κ3) is 64.1. The first-order valence-corrected chi connectivity index (χ1v) is 34.4.